The highest BCUT2D eigenvalue weighted by Gasteiger charge is 2.20. The van der Waals surface area contributed by atoms with Crippen molar-refractivity contribution in [1.82, 2.24) is 0 Å². The number of aryl methyl sites for hydroxylation is 1. The van der Waals surface area contributed by atoms with E-state index in [2.05, 4.69) is 31.9 Å². The van der Waals surface area contributed by atoms with Crippen LogP contribution in [0, 0.1) is 6.92 Å². The van der Waals surface area contributed by atoms with Gasteiger partial charge in [0, 0.05) is 19.4 Å². The molecule has 1 heterocycles. The molecule has 2 nitrogen and oxygen atoms in total. The first kappa shape index (κ1) is 14.1. The van der Waals surface area contributed by atoms with Gasteiger partial charge in [0.15, 0.2) is 0 Å². The average molecular weight is 392 g/mol. The van der Waals surface area contributed by atoms with E-state index < -0.39 is 6.10 Å². The van der Waals surface area contributed by atoms with Gasteiger partial charge in [-0.1, -0.05) is 22.0 Å². The number of aliphatic hydroxyl groups is 1. The number of benzene rings is 1. The number of methoxy groups -OCH3 is 1. The van der Waals surface area contributed by atoms with Crippen LogP contribution in [0.15, 0.2) is 33.2 Å². The van der Waals surface area contributed by atoms with Gasteiger partial charge < -0.3 is 9.84 Å². The van der Waals surface area contributed by atoms with E-state index in [9.17, 15) is 5.11 Å². The highest BCUT2D eigenvalue weighted by Crippen LogP contribution is 2.39. The minimum Gasteiger partial charge on any atom is -0.496 e. The van der Waals surface area contributed by atoms with E-state index >= 15 is 0 Å². The Kier molecular flexibility index (Phi) is 4.48. The molecule has 0 fully saturated rings. The van der Waals surface area contributed by atoms with Crippen LogP contribution in [0.3, 0.4) is 0 Å². The third-order valence-electron chi connectivity index (χ3n) is 2.57. The van der Waals surface area contributed by atoms with Crippen molar-refractivity contribution < 1.29 is 9.84 Å². The minimum absolute atomic E-state index is 0.676. The van der Waals surface area contributed by atoms with Crippen LogP contribution in [0.1, 0.15) is 21.4 Å². The minimum atomic E-state index is -0.680. The molecule has 0 radical (unpaired) electrons. The van der Waals surface area contributed by atoms with Crippen molar-refractivity contribution in [2.75, 3.05) is 7.11 Å². The summed E-state index contributed by atoms with van der Waals surface area (Å²) in [5.41, 5.74) is 0.767. The quantitative estimate of drug-likeness (QED) is 0.823. The Balaban J connectivity index is 2.45. The number of halogens is 2. The van der Waals surface area contributed by atoms with Gasteiger partial charge >= 0.3 is 0 Å². The van der Waals surface area contributed by atoms with E-state index in [1.807, 2.05) is 31.2 Å². The average Bonchev–Trinajstić information content (AvgIpc) is 2.67. The van der Waals surface area contributed by atoms with E-state index in [0.29, 0.717) is 5.75 Å². The summed E-state index contributed by atoms with van der Waals surface area (Å²) in [5, 5.41) is 10.5. The number of ether oxygens (including phenoxy) is 1. The van der Waals surface area contributed by atoms with E-state index in [1.165, 1.54) is 0 Å². The summed E-state index contributed by atoms with van der Waals surface area (Å²) in [6.07, 6.45) is -0.680. The number of hydrogen-bond donors (Lipinski definition) is 1. The van der Waals surface area contributed by atoms with E-state index in [1.54, 1.807) is 18.4 Å². The van der Waals surface area contributed by atoms with Crippen molar-refractivity contribution in [2.24, 2.45) is 0 Å². The van der Waals surface area contributed by atoms with Gasteiger partial charge in [-0.25, -0.2) is 0 Å². The van der Waals surface area contributed by atoms with Gasteiger partial charge in [-0.3, -0.25) is 0 Å². The molecule has 0 aliphatic heterocycles. The number of thiophene rings is 1. The summed E-state index contributed by atoms with van der Waals surface area (Å²) >= 11 is 8.45. The molecule has 0 spiro atoms. The van der Waals surface area contributed by atoms with Crippen LogP contribution >= 0.6 is 43.2 Å². The molecule has 18 heavy (non-hydrogen) atoms. The van der Waals surface area contributed by atoms with Crippen molar-refractivity contribution >= 4 is 43.2 Å². The second kappa shape index (κ2) is 5.74. The molecule has 1 unspecified atom stereocenters. The lowest BCUT2D eigenvalue weighted by atomic mass is 10.1. The Morgan fingerprint density at radius 3 is 2.56 bits per heavy atom. The first-order valence-corrected chi connectivity index (χ1v) is 7.70. The molecule has 0 amide bonds. The third-order valence-corrected chi connectivity index (χ3v) is 5.09. The Bertz CT molecular complexity index is 566. The molecule has 0 saturated heterocycles. The first-order chi connectivity index (χ1) is 8.52. The molecule has 2 rings (SSSR count). The molecule has 0 bridgehead atoms. The number of aliphatic hydroxyl groups excluding tert-OH is 1. The van der Waals surface area contributed by atoms with Gasteiger partial charge in [-0.2, -0.15) is 0 Å². The topological polar surface area (TPSA) is 29.5 Å². The molecule has 1 N–H and O–H groups in total. The van der Waals surface area contributed by atoms with Crippen molar-refractivity contribution in [3.63, 3.8) is 0 Å². The molecule has 0 aliphatic carbocycles. The van der Waals surface area contributed by atoms with Gasteiger partial charge in [0.05, 0.1) is 12.0 Å². The van der Waals surface area contributed by atoms with E-state index in [-0.39, 0.29) is 0 Å². The summed E-state index contributed by atoms with van der Waals surface area (Å²) in [6, 6.07) is 7.63. The van der Waals surface area contributed by atoms with Crippen LogP contribution in [0.2, 0.25) is 0 Å². The molecular formula is C13H12Br2O2S. The molecule has 96 valence electrons. The second-order valence-corrected chi connectivity index (χ2v) is 6.92. The van der Waals surface area contributed by atoms with Gasteiger partial charge in [0.1, 0.15) is 11.9 Å². The predicted molar refractivity (Wildman–Crippen MR) is 81.5 cm³/mol. The van der Waals surface area contributed by atoms with Crippen molar-refractivity contribution in [2.45, 2.75) is 13.0 Å². The Hall–Kier alpha value is -0.360. The lowest BCUT2D eigenvalue weighted by Gasteiger charge is -2.14. The second-order valence-electron chi connectivity index (χ2n) is 3.86. The first-order valence-electron chi connectivity index (χ1n) is 5.30. The summed E-state index contributed by atoms with van der Waals surface area (Å²) in [7, 11) is 1.60. The van der Waals surface area contributed by atoms with Crippen molar-refractivity contribution in [3.8, 4) is 5.75 Å². The summed E-state index contributed by atoms with van der Waals surface area (Å²) in [4.78, 5) is 2.06. The van der Waals surface area contributed by atoms with Crippen LogP contribution < -0.4 is 4.74 Å². The van der Waals surface area contributed by atoms with Crippen LogP contribution in [-0.2, 0) is 0 Å². The fourth-order valence-electron chi connectivity index (χ4n) is 1.74. The Morgan fingerprint density at radius 2 is 2.00 bits per heavy atom. The maximum atomic E-state index is 10.5. The van der Waals surface area contributed by atoms with Gasteiger partial charge in [-0.05, 0) is 41.1 Å². The van der Waals surface area contributed by atoms with Gasteiger partial charge in [0.2, 0.25) is 0 Å². The normalized spacial score (nSPS) is 12.5. The monoisotopic (exact) mass is 390 g/mol. The summed E-state index contributed by atoms with van der Waals surface area (Å²) in [5.74, 6) is 0.676. The molecule has 0 saturated carbocycles. The van der Waals surface area contributed by atoms with Crippen molar-refractivity contribution in [1.29, 1.82) is 0 Å². The number of rotatable bonds is 3. The highest BCUT2D eigenvalue weighted by atomic mass is 79.9. The third kappa shape index (κ3) is 2.79. The molecule has 5 heteroatoms. The molecule has 0 aliphatic rings. The fraction of sp³-hybridized carbons (Fsp3) is 0.231. The lowest BCUT2D eigenvalue weighted by Crippen LogP contribution is -2.01. The predicted octanol–water partition coefficient (Wildman–Crippen LogP) is 4.67. The molecular weight excluding hydrogens is 380 g/mol. The smallest absolute Gasteiger partial charge is 0.126 e. The lowest BCUT2D eigenvalue weighted by molar-refractivity contribution is 0.218. The Labute approximate surface area is 127 Å². The largest absolute Gasteiger partial charge is 0.496 e. The molecule has 1 atom stereocenters. The Morgan fingerprint density at radius 1 is 1.28 bits per heavy atom. The zero-order valence-corrected chi connectivity index (χ0v) is 13.9. The summed E-state index contributed by atoms with van der Waals surface area (Å²) < 4.78 is 7.18. The molecule has 1 aromatic carbocycles. The van der Waals surface area contributed by atoms with E-state index in [4.69, 9.17) is 4.74 Å². The van der Waals surface area contributed by atoms with Gasteiger partial charge in [-0.15, -0.1) is 11.3 Å². The highest BCUT2D eigenvalue weighted by molar-refractivity contribution is 9.10. The van der Waals surface area contributed by atoms with Crippen LogP contribution in [0.4, 0.5) is 0 Å². The molecule has 2 aromatic rings. The maximum absolute atomic E-state index is 10.5. The van der Waals surface area contributed by atoms with Crippen molar-refractivity contribution in [3.05, 3.63) is 48.5 Å². The zero-order chi connectivity index (χ0) is 13.3. The van der Waals surface area contributed by atoms with Gasteiger partial charge in [0.25, 0.3) is 0 Å². The van der Waals surface area contributed by atoms with E-state index in [0.717, 1.165) is 24.3 Å². The molecule has 1 aromatic heterocycles. The fourth-order valence-corrected chi connectivity index (χ4v) is 3.95. The SMILES string of the molecule is COc1cc(Br)ccc1C(O)c1sc(C)cc1Br. The zero-order valence-electron chi connectivity index (χ0n) is 9.91. The number of hydrogen-bond acceptors (Lipinski definition) is 3. The van der Waals surface area contributed by atoms with Crippen LogP contribution in [0.5, 0.6) is 5.75 Å². The van der Waals surface area contributed by atoms with Crippen LogP contribution in [-0.4, -0.2) is 12.2 Å². The standard InChI is InChI=1S/C13H12Br2O2S/c1-7-5-10(15)13(18-7)12(16)9-4-3-8(14)6-11(9)17-2/h3-6,12,16H,1-2H3. The maximum Gasteiger partial charge on any atom is 0.126 e. The summed E-state index contributed by atoms with van der Waals surface area (Å²) in [6.45, 7) is 2.02. The van der Waals surface area contributed by atoms with Crippen LogP contribution in [0.25, 0.3) is 0 Å².